The summed E-state index contributed by atoms with van der Waals surface area (Å²) in [5, 5.41) is 11.4. The van der Waals surface area contributed by atoms with Crippen molar-refractivity contribution in [3.05, 3.63) is 71.8 Å². The van der Waals surface area contributed by atoms with E-state index < -0.39 is 15.8 Å². The first-order valence-electron chi connectivity index (χ1n) is 7.53. The van der Waals surface area contributed by atoms with Crippen LogP contribution in [0.15, 0.2) is 65.6 Å². The van der Waals surface area contributed by atoms with Gasteiger partial charge in [0.15, 0.2) is 9.84 Å². The smallest absolute Gasteiger partial charge is 0.341 e. The highest BCUT2D eigenvalue weighted by molar-refractivity contribution is 7.90. The van der Waals surface area contributed by atoms with Crippen LogP contribution in [0.25, 0.3) is 10.8 Å². The van der Waals surface area contributed by atoms with Gasteiger partial charge in [-0.15, -0.1) is 0 Å². The first kappa shape index (κ1) is 17.0. The van der Waals surface area contributed by atoms with Gasteiger partial charge in [0.1, 0.15) is 11.3 Å². The minimum absolute atomic E-state index is 0.00573. The predicted octanol–water partition coefficient (Wildman–Crippen LogP) is 3.31. The average molecular weight is 356 g/mol. The van der Waals surface area contributed by atoms with Crippen molar-refractivity contribution in [2.75, 3.05) is 7.11 Å². The molecule has 0 atom stereocenters. The number of methoxy groups -OCH3 is 1. The molecule has 0 saturated heterocycles. The van der Waals surface area contributed by atoms with Crippen molar-refractivity contribution in [2.24, 2.45) is 0 Å². The maximum atomic E-state index is 12.8. The molecular formula is C19H16O5S. The molecule has 0 spiro atoms. The number of fused-ring (bicyclic) bond motifs is 1. The highest BCUT2D eigenvalue weighted by atomic mass is 32.2. The van der Waals surface area contributed by atoms with Crippen molar-refractivity contribution in [2.45, 2.75) is 10.6 Å². The van der Waals surface area contributed by atoms with Crippen molar-refractivity contribution in [1.29, 1.82) is 0 Å². The second-order valence-corrected chi connectivity index (χ2v) is 7.54. The van der Waals surface area contributed by atoms with Gasteiger partial charge in [-0.3, -0.25) is 0 Å². The zero-order chi connectivity index (χ0) is 18.0. The summed E-state index contributed by atoms with van der Waals surface area (Å²) in [6, 6.07) is 16.5. The number of hydrogen-bond acceptors (Lipinski definition) is 5. The number of ether oxygens (including phenoxy) is 1. The van der Waals surface area contributed by atoms with Gasteiger partial charge in [-0.1, -0.05) is 42.5 Å². The van der Waals surface area contributed by atoms with Crippen LogP contribution >= 0.6 is 0 Å². The van der Waals surface area contributed by atoms with Gasteiger partial charge >= 0.3 is 5.97 Å². The van der Waals surface area contributed by atoms with Crippen LogP contribution < -0.4 is 0 Å². The molecule has 0 fully saturated rings. The summed E-state index contributed by atoms with van der Waals surface area (Å²) >= 11 is 0. The van der Waals surface area contributed by atoms with E-state index in [0.717, 1.165) is 5.39 Å². The van der Waals surface area contributed by atoms with Crippen LogP contribution in [0.4, 0.5) is 0 Å². The van der Waals surface area contributed by atoms with E-state index in [-0.39, 0.29) is 22.0 Å². The van der Waals surface area contributed by atoms with Gasteiger partial charge in [-0.2, -0.15) is 0 Å². The number of rotatable bonds is 4. The molecule has 3 rings (SSSR count). The fourth-order valence-electron chi connectivity index (χ4n) is 2.71. The van der Waals surface area contributed by atoms with Crippen LogP contribution in [0.2, 0.25) is 0 Å². The standard InChI is InChI=1S/C19H16O5S/c1-24-19(21)16-10-9-13(11-17(16)20)12-25(22,23)18-8-4-6-14-5-2-3-7-15(14)18/h2-11,20H,12H2,1H3. The Morgan fingerprint density at radius 2 is 1.76 bits per heavy atom. The molecule has 5 nitrogen and oxygen atoms in total. The lowest BCUT2D eigenvalue weighted by atomic mass is 10.1. The number of esters is 1. The van der Waals surface area contributed by atoms with Crippen molar-refractivity contribution < 1.29 is 23.1 Å². The number of hydrogen-bond donors (Lipinski definition) is 1. The summed E-state index contributed by atoms with van der Waals surface area (Å²) in [6.45, 7) is 0. The monoisotopic (exact) mass is 356 g/mol. The molecule has 0 unspecified atom stereocenters. The van der Waals surface area contributed by atoms with Crippen LogP contribution in [0.3, 0.4) is 0 Å². The van der Waals surface area contributed by atoms with Crippen molar-refractivity contribution in [3.8, 4) is 5.75 Å². The summed E-state index contributed by atoms with van der Waals surface area (Å²) in [6.07, 6.45) is 0. The molecule has 0 radical (unpaired) electrons. The van der Waals surface area contributed by atoms with Gasteiger partial charge in [-0.25, -0.2) is 13.2 Å². The van der Waals surface area contributed by atoms with Crippen LogP contribution in [-0.2, 0) is 20.3 Å². The Labute approximate surface area is 145 Å². The predicted molar refractivity (Wildman–Crippen MR) is 94.3 cm³/mol. The third-order valence-corrected chi connectivity index (χ3v) is 5.65. The summed E-state index contributed by atoms with van der Waals surface area (Å²) in [5.74, 6) is -1.27. The summed E-state index contributed by atoms with van der Waals surface area (Å²) in [5.41, 5.74) is 0.381. The zero-order valence-corrected chi connectivity index (χ0v) is 14.3. The lowest BCUT2D eigenvalue weighted by molar-refractivity contribution is 0.0597. The molecule has 128 valence electrons. The number of carbonyl (C=O) groups excluding carboxylic acids is 1. The largest absolute Gasteiger partial charge is 0.507 e. The average Bonchev–Trinajstić information content (AvgIpc) is 2.60. The zero-order valence-electron chi connectivity index (χ0n) is 13.5. The number of aromatic hydroxyl groups is 1. The van der Waals surface area contributed by atoms with E-state index in [9.17, 15) is 18.3 Å². The Hall–Kier alpha value is -2.86. The van der Waals surface area contributed by atoms with Crippen molar-refractivity contribution in [1.82, 2.24) is 0 Å². The number of carbonyl (C=O) groups is 1. The molecule has 0 aromatic heterocycles. The third kappa shape index (κ3) is 3.34. The van der Waals surface area contributed by atoms with Gasteiger partial charge in [-0.05, 0) is 29.1 Å². The molecule has 3 aromatic rings. The van der Waals surface area contributed by atoms with E-state index in [2.05, 4.69) is 4.74 Å². The molecular weight excluding hydrogens is 340 g/mol. The van der Waals surface area contributed by atoms with E-state index in [0.29, 0.717) is 10.9 Å². The van der Waals surface area contributed by atoms with Gasteiger partial charge in [0.25, 0.3) is 0 Å². The maximum Gasteiger partial charge on any atom is 0.341 e. The van der Waals surface area contributed by atoms with Crippen molar-refractivity contribution >= 4 is 26.6 Å². The molecule has 0 aliphatic carbocycles. The van der Waals surface area contributed by atoms with Crippen molar-refractivity contribution in [3.63, 3.8) is 0 Å². The minimum atomic E-state index is -3.62. The number of benzene rings is 3. The summed E-state index contributed by atoms with van der Waals surface area (Å²) in [7, 11) is -2.41. The fourth-order valence-corrected chi connectivity index (χ4v) is 4.29. The molecule has 0 amide bonds. The Morgan fingerprint density at radius 3 is 2.48 bits per heavy atom. The number of phenols is 1. The van der Waals surface area contributed by atoms with E-state index in [1.54, 1.807) is 24.3 Å². The Bertz CT molecular complexity index is 1050. The van der Waals surface area contributed by atoms with Gasteiger partial charge < -0.3 is 9.84 Å². The highest BCUT2D eigenvalue weighted by Crippen LogP contribution is 2.27. The number of sulfone groups is 1. The van der Waals surface area contributed by atoms with E-state index in [1.165, 1.54) is 25.3 Å². The normalized spacial score (nSPS) is 11.4. The van der Waals surface area contributed by atoms with E-state index in [4.69, 9.17) is 0 Å². The fraction of sp³-hybridized carbons (Fsp3) is 0.105. The van der Waals surface area contributed by atoms with E-state index in [1.807, 2.05) is 18.2 Å². The second kappa shape index (κ2) is 6.57. The van der Waals surface area contributed by atoms with Gasteiger partial charge in [0, 0.05) is 5.39 Å². The van der Waals surface area contributed by atoms with Crippen LogP contribution in [0, 0.1) is 0 Å². The molecule has 0 bridgehead atoms. The molecule has 0 aliphatic heterocycles. The molecule has 0 saturated carbocycles. The lowest BCUT2D eigenvalue weighted by Gasteiger charge is -2.09. The summed E-state index contributed by atoms with van der Waals surface area (Å²) in [4.78, 5) is 11.7. The van der Waals surface area contributed by atoms with Gasteiger partial charge in [0.05, 0.1) is 17.8 Å². The number of phenolic OH excluding ortho intramolecular Hbond substituents is 1. The van der Waals surface area contributed by atoms with E-state index >= 15 is 0 Å². The highest BCUT2D eigenvalue weighted by Gasteiger charge is 2.20. The first-order chi connectivity index (χ1) is 11.9. The quantitative estimate of drug-likeness (QED) is 0.726. The minimum Gasteiger partial charge on any atom is -0.507 e. The SMILES string of the molecule is COC(=O)c1ccc(CS(=O)(=O)c2cccc3ccccc23)cc1O. The topological polar surface area (TPSA) is 80.7 Å². The molecule has 0 aliphatic rings. The lowest BCUT2D eigenvalue weighted by Crippen LogP contribution is -2.07. The maximum absolute atomic E-state index is 12.8. The molecule has 3 aromatic carbocycles. The first-order valence-corrected chi connectivity index (χ1v) is 9.18. The Kier molecular flexibility index (Phi) is 4.46. The van der Waals surface area contributed by atoms with Gasteiger partial charge in [0.2, 0.25) is 0 Å². The molecule has 1 N–H and O–H groups in total. The molecule has 6 heteroatoms. The third-order valence-electron chi connectivity index (χ3n) is 3.91. The molecule has 0 heterocycles. The van der Waals surface area contributed by atoms with Crippen LogP contribution in [-0.4, -0.2) is 26.6 Å². The Balaban J connectivity index is 1.99. The van der Waals surface area contributed by atoms with Crippen LogP contribution in [0.5, 0.6) is 5.75 Å². The van der Waals surface area contributed by atoms with Crippen LogP contribution in [0.1, 0.15) is 15.9 Å². The second-order valence-electron chi connectivity index (χ2n) is 5.58. The Morgan fingerprint density at radius 1 is 1.04 bits per heavy atom. The molecule has 25 heavy (non-hydrogen) atoms. The summed E-state index contributed by atoms with van der Waals surface area (Å²) < 4.78 is 30.2.